The van der Waals surface area contributed by atoms with Gasteiger partial charge in [0.2, 0.25) is 21.8 Å². The molecule has 0 amide bonds. The Morgan fingerprint density at radius 2 is 1.81 bits per heavy atom. The molecule has 136 valence electrons. The van der Waals surface area contributed by atoms with Gasteiger partial charge < -0.3 is 4.42 Å². The number of hydrogen-bond acceptors (Lipinski definition) is 5. The fourth-order valence-electron chi connectivity index (χ4n) is 2.25. The van der Waals surface area contributed by atoms with Crippen LogP contribution < -0.4 is 4.72 Å². The van der Waals surface area contributed by atoms with Crippen molar-refractivity contribution in [1.29, 1.82) is 0 Å². The minimum Gasteiger partial charge on any atom is -0.421 e. The van der Waals surface area contributed by atoms with Gasteiger partial charge in [0.25, 0.3) is 0 Å². The summed E-state index contributed by atoms with van der Waals surface area (Å²) in [7, 11) is -3.54. The van der Waals surface area contributed by atoms with Gasteiger partial charge in [-0.1, -0.05) is 29.8 Å². The Morgan fingerprint density at radius 1 is 1.08 bits per heavy atom. The van der Waals surface area contributed by atoms with Crippen molar-refractivity contribution in [2.24, 2.45) is 0 Å². The maximum atomic E-state index is 12.9. The van der Waals surface area contributed by atoms with E-state index in [0.29, 0.717) is 16.1 Å². The summed E-state index contributed by atoms with van der Waals surface area (Å²) in [5.41, 5.74) is 1.11. The lowest BCUT2D eigenvalue weighted by Gasteiger charge is -2.07. The van der Waals surface area contributed by atoms with Crippen LogP contribution in [0.3, 0.4) is 0 Å². The van der Waals surface area contributed by atoms with Gasteiger partial charge in [-0.3, -0.25) is 0 Å². The van der Waals surface area contributed by atoms with Crippen molar-refractivity contribution < 1.29 is 17.2 Å². The van der Waals surface area contributed by atoms with Gasteiger partial charge in [0.05, 0.1) is 5.75 Å². The van der Waals surface area contributed by atoms with E-state index >= 15 is 0 Å². The lowest BCUT2D eigenvalue weighted by Crippen LogP contribution is -2.27. The molecular weight excluding hydrogens is 381 g/mol. The molecule has 0 saturated heterocycles. The molecule has 0 aliphatic rings. The van der Waals surface area contributed by atoms with Crippen LogP contribution in [0.2, 0.25) is 5.02 Å². The fourth-order valence-corrected chi connectivity index (χ4v) is 3.71. The van der Waals surface area contributed by atoms with Crippen molar-refractivity contribution in [2.75, 3.05) is 6.54 Å². The number of rotatable bonds is 7. The summed E-state index contributed by atoms with van der Waals surface area (Å²) in [4.78, 5) is 0. The van der Waals surface area contributed by atoms with Crippen LogP contribution in [-0.4, -0.2) is 25.2 Å². The van der Waals surface area contributed by atoms with Gasteiger partial charge in [-0.2, -0.15) is 0 Å². The Hall–Kier alpha value is -2.29. The molecular formula is C17H15ClFN3O3S. The number of sulfonamides is 1. The van der Waals surface area contributed by atoms with E-state index in [1.807, 2.05) is 0 Å². The number of aromatic nitrogens is 2. The highest BCUT2D eigenvalue weighted by atomic mass is 35.5. The van der Waals surface area contributed by atoms with Gasteiger partial charge in [-0.05, 0) is 35.9 Å². The van der Waals surface area contributed by atoms with Crippen molar-refractivity contribution in [3.8, 4) is 11.5 Å². The molecule has 0 aliphatic carbocycles. The highest BCUT2D eigenvalue weighted by Gasteiger charge is 2.14. The number of nitrogens with zero attached hydrogens (tertiary/aromatic N) is 2. The summed E-state index contributed by atoms with van der Waals surface area (Å²) in [6.45, 7) is 0.109. The van der Waals surface area contributed by atoms with E-state index in [2.05, 4.69) is 14.9 Å². The smallest absolute Gasteiger partial charge is 0.247 e. The van der Waals surface area contributed by atoms with E-state index in [0.717, 1.165) is 0 Å². The maximum absolute atomic E-state index is 12.9. The third-order valence-electron chi connectivity index (χ3n) is 3.52. The van der Waals surface area contributed by atoms with Crippen molar-refractivity contribution in [3.05, 3.63) is 70.8 Å². The Kier molecular flexibility index (Phi) is 5.65. The van der Waals surface area contributed by atoms with Crippen LogP contribution in [0.5, 0.6) is 0 Å². The second-order valence-electron chi connectivity index (χ2n) is 5.50. The molecule has 1 N–H and O–H groups in total. The predicted molar refractivity (Wildman–Crippen MR) is 95.5 cm³/mol. The molecule has 3 rings (SSSR count). The summed E-state index contributed by atoms with van der Waals surface area (Å²) in [5.74, 6) is -0.0396. The highest BCUT2D eigenvalue weighted by molar-refractivity contribution is 7.88. The van der Waals surface area contributed by atoms with Gasteiger partial charge in [0, 0.05) is 23.6 Å². The van der Waals surface area contributed by atoms with Crippen molar-refractivity contribution in [1.82, 2.24) is 14.9 Å². The highest BCUT2D eigenvalue weighted by Crippen LogP contribution is 2.19. The molecule has 0 spiro atoms. The molecule has 1 aromatic heterocycles. The molecule has 0 radical (unpaired) electrons. The van der Waals surface area contributed by atoms with Crippen molar-refractivity contribution in [2.45, 2.75) is 12.2 Å². The van der Waals surface area contributed by atoms with E-state index in [9.17, 15) is 12.8 Å². The second kappa shape index (κ2) is 7.94. The SMILES string of the molecule is O=S(=O)(Cc1ccccc1Cl)NCCc1nnc(-c2ccc(F)cc2)o1. The lowest BCUT2D eigenvalue weighted by molar-refractivity contribution is 0.501. The first-order valence-electron chi connectivity index (χ1n) is 7.72. The predicted octanol–water partition coefficient (Wildman–Crippen LogP) is 3.19. The molecule has 0 fully saturated rings. The van der Waals surface area contributed by atoms with Crippen LogP contribution in [0.1, 0.15) is 11.5 Å². The molecule has 3 aromatic rings. The summed E-state index contributed by atoms with van der Waals surface area (Å²) < 4.78 is 45.1. The van der Waals surface area contributed by atoms with Crippen molar-refractivity contribution >= 4 is 21.6 Å². The number of halogens is 2. The van der Waals surface area contributed by atoms with Crippen LogP contribution in [0, 0.1) is 5.82 Å². The molecule has 0 saturated carbocycles. The van der Waals surface area contributed by atoms with Gasteiger partial charge >= 0.3 is 0 Å². The zero-order valence-electron chi connectivity index (χ0n) is 13.5. The van der Waals surface area contributed by atoms with Gasteiger partial charge in [-0.25, -0.2) is 17.5 Å². The van der Waals surface area contributed by atoms with E-state index in [1.165, 1.54) is 24.3 Å². The monoisotopic (exact) mass is 395 g/mol. The van der Waals surface area contributed by atoms with Gasteiger partial charge in [0.15, 0.2) is 0 Å². The van der Waals surface area contributed by atoms with Crippen LogP contribution in [0.25, 0.3) is 11.5 Å². The first-order chi connectivity index (χ1) is 12.4. The Bertz CT molecular complexity index is 990. The van der Waals surface area contributed by atoms with Crippen LogP contribution >= 0.6 is 11.6 Å². The van der Waals surface area contributed by atoms with E-state index in [1.54, 1.807) is 24.3 Å². The molecule has 26 heavy (non-hydrogen) atoms. The zero-order valence-corrected chi connectivity index (χ0v) is 15.1. The summed E-state index contributed by atoms with van der Waals surface area (Å²) in [5, 5.41) is 8.14. The Balaban J connectivity index is 1.56. The molecule has 0 atom stereocenters. The Labute approximate surface area is 155 Å². The Morgan fingerprint density at radius 3 is 2.54 bits per heavy atom. The molecule has 9 heteroatoms. The largest absolute Gasteiger partial charge is 0.421 e. The topological polar surface area (TPSA) is 85.1 Å². The molecule has 0 unspecified atom stereocenters. The third-order valence-corrected chi connectivity index (χ3v) is 5.23. The van der Waals surface area contributed by atoms with E-state index in [4.69, 9.17) is 16.0 Å². The molecule has 6 nitrogen and oxygen atoms in total. The van der Waals surface area contributed by atoms with Gasteiger partial charge in [0.1, 0.15) is 5.82 Å². The normalized spacial score (nSPS) is 11.6. The lowest BCUT2D eigenvalue weighted by atomic mass is 10.2. The van der Waals surface area contributed by atoms with Crippen molar-refractivity contribution in [3.63, 3.8) is 0 Å². The van der Waals surface area contributed by atoms with Crippen LogP contribution in [-0.2, 0) is 22.2 Å². The number of benzene rings is 2. The first-order valence-corrected chi connectivity index (χ1v) is 9.75. The summed E-state index contributed by atoms with van der Waals surface area (Å²) in [6, 6.07) is 12.4. The average Bonchev–Trinajstić information content (AvgIpc) is 3.06. The molecule has 1 heterocycles. The van der Waals surface area contributed by atoms with Crippen LogP contribution in [0.4, 0.5) is 4.39 Å². The first kappa shape index (κ1) is 18.5. The molecule has 2 aromatic carbocycles. The minimum absolute atomic E-state index is 0.109. The van der Waals surface area contributed by atoms with E-state index in [-0.39, 0.29) is 36.3 Å². The summed E-state index contributed by atoms with van der Waals surface area (Å²) in [6.07, 6.45) is 0.232. The van der Waals surface area contributed by atoms with E-state index < -0.39 is 10.0 Å². The fraction of sp³-hybridized carbons (Fsp3) is 0.176. The number of hydrogen-bond donors (Lipinski definition) is 1. The quantitative estimate of drug-likeness (QED) is 0.664. The van der Waals surface area contributed by atoms with Gasteiger partial charge in [-0.15, -0.1) is 10.2 Å². The number of nitrogens with one attached hydrogen (secondary N) is 1. The maximum Gasteiger partial charge on any atom is 0.247 e. The molecule has 0 aliphatic heterocycles. The van der Waals surface area contributed by atoms with Crippen LogP contribution in [0.15, 0.2) is 52.9 Å². The minimum atomic E-state index is -3.54. The zero-order chi connectivity index (χ0) is 18.6. The molecule has 0 bridgehead atoms. The third kappa shape index (κ3) is 4.87. The second-order valence-corrected chi connectivity index (χ2v) is 7.72. The standard InChI is InChI=1S/C17H15ClFN3O3S/c18-15-4-2-1-3-13(15)11-26(23,24)20-10-9-16-21-22-17(25-16)12-5-7-14(19)8-6-12/h1-8,20H,9-11H2. The average molecular weight is 396 g/mol. The summed E-state index contributed by atoms with van der Waals surface area (Å²) >= 11 is 5.98.